The first-order valence-electron chi connectivity index (χ1n) is 8.42. The summed E-state index contributed by atoms with van der Waals surface area (Å²) < 4.78 is 0. The zero-order chi connectivity index (χ0) is 14.7. The molecule has 0 bridgehead atoms. The predicted molar refractivity (Wildman–Crippen MR) is 90.1 cm³/mol. The van der Waals surface area contributed by atoms with Gasteiger partial charge in [0.1, 0.15) is 0 Å². The molecule has 0 atom stereocenters. The summed E-state index contributed by atoms with van der Waals surface area (Å²) in [5, 5.41) is 4.36. The smallest absolute Gasteiger partial charge is 0.0435 e. The maximum absolute atomic E-state index is 6.12. The molecule has 2 heterocycles. The molecule has 3 heteroatoms. The van der Waals surface area contributed by atoms with E-state index in [1.54, 1.807) is 0 Å². The monoisotopic (exact) mass is 306 g/mol. The molecule has 0 unspecified atom stereocenters. The minimum absolute atomic E-state index is 0.838. The second-order valence-electron chi connectivity index (χ2n) is 6.75. The van der Waals surface area contributed by atoms with Crippen LogP contribution in [0.5, 0.6) is 0 Å². The molecular weight excluding hydrogens is 280 g/mol. The van der Waals surface area contributed by atoms with Gasteiger partial charge in [-0.25, -0.2) is 0 Å². The molecule has 1 aromatic rings. The Labute approximate surface area is 133 Å². The number of likely N-dealkylation sites (tertiary alicyclic amines) is 1. The van der Waals surface area contributed by atoms with Crippen molar-refractivity contribution < 1.29 is 0 Å². The van der Waals surface area contributed by atoms with Crippen LogP contribution in [0.1, 0.15) is 36.8 Å². The average Bonchev–Trinajstić information content (AvgIpc) is 2.53. The predicted octanol–water partition coefficient (Wildman–Crippen LogP) is 3.65. The van der Waals surface area contributed by atoms with Gasteiger partial charge in [0.15, 0.2) is 0 Å². The van der Waals surface area contributed by atoms with Crippen molar-refractivity contribution >= 4 is 11.6 Å². The zero-order valence-corrected chi connectivity index (χ0v) is 13.8. The van der Waals surface area contributed by atoms with Gasteiger partial charge in [-0.2, -0.15) is 0 Å². The standard InChI is InChI=1S/C18H27ClN2/c1-14-12-16(2-3-18(14)19)13-15-6-10-21(11-7-15)17-4-8-20-9-5-17/h2-3,12,15,17,20H,4-11,13H2,1H3. The fourth-order valence-electron chi connectivity index (χ4n) is 3.86. The van der Waals surface area contributed by atoms with Crippen LogP contribution < -0.4 is 5.32 Å². The van der Waals surface area contributed by atoms with Crippen molar-refractivity contribution in [3.05, 3.63) is 34.3 Å². The van der Waals surface area contributed by atoms with Crippen molar-refractivity contribution in [2.75, 3.05) is 26.2 Å². The summed E-state index contributed by atoms with van der Waals surface area (Å²) in [6.07, 6.45) is 6.59. The third kappa shape index (κ3) is 4.00. The van der Waals surface area contributed by atoms with Gasteiger partial charge in [0.05, 0.1) is 0 Å². The molecule has 3 rings (SSSR count). The van der Waals surface area contributed by atoms with Crippen molar-refractivity contribution in [2.24, 2.45) is 5.92 Å². The third-order valence-electron chi connectivity index (χ3n) is 5.22. The first kappa shape index (κ1) is 15.3. The Kier molecular flexibility index (Phi) is 5.20. The summed E-state index contributed by atoms with van der Waals surface area (Å²) >= 11 is 6.12. The first-order valence-corrected chi connectivity index (χ1v) is 8.80. The SMILES string of the molecule is Cc1cc(CC2CCN(C3CCNCC3)CC2)ccc1Cl. The molecular formula is C18H27ClN2. The number of aryl methyl sites for hydroxylation is 1. The number of nitrogens with zero attached hydrogens (tertiary/aromatic N) is 1. The van der Waals surface area contributed by atoms with E-state index in [-0.39, 0.29) is 0 Å². The third-order valence-corrected chi connectivity index (χ3v) is 5.65. The highest BCUT2D eigenvalue weighted by molar-refractivity contribution is 6.31. The van der Waals surface area contributed by atoms with Crippen LogP contribution in [0.4, 0.5) is 0 Å². The lowest BCUT2D eigenvalue weighted by molar-refractivity contribution is 0.111. The Hall–Kier alpha value is -0.570. The molecule has 2 saturated heterocycles. The molecule has 0 saturated carbocycles. The van der Waals surface area contributed by atoms with Crippen molar-refractivity contribution in [2.45, 2.75) is 45.1 Å². The lowest BCUT2D eigenvalue weighted by atomic mass is 9.88. The van der Waals surface area contributed by atoms with Crippen molar-refractivity contribution in [1.82, 2.24) is 10.2 Å². The lowest BCUT2D eigenvalue weighted by Crippen LogP contribution is -2.46. The number of hydrogen-bond acceptors (Lipinski definition) is 2. The Balaban J connectivity index is 1.50. The maximum Gasteiger partial charge on any atom is 0.0435 e. The van der Waals surface area contributed by atoms with Crippen LogP contribution in [0.25, 0.3) is 0 Å². The van der Waals surface area contributed by atoms with Gasteiger partial charge >= 0.3 is 0 Å². The Morgan fingerprint density at radius 3 is 2.52 bits per heavy atom. The molecule has 0 aromatic heterocycles. The second-order valence-corrected chi connectivity index (χ2v) is 7.16. The Morgan fingerprint density at radius 2 is 1.86 bits per heavy atom. The molecule has 116 valence electrons. The highest BCUT2D eigenvalue weighted by Crippen LogP contribution is 2.26. The minimum Gasteiger partial charge on any atom is -0.317 e. The van der Waals surface area contributed by atoms with Crippen LogP contribution in [-0.2, 0) is 6.42 Å². The molecule has 0 spiro atoms. The van der Waals surface area contributed by atoms with Crippen molar-refractivity contribution in [1.29, 1.82) is 0 Å². The number of nitrogens with one attached hydrogen (secondary N) is 1. The van der Waals surface area contributed by atoms with Gasteiger partial charge in [-0.05, 0) is 88.3 Å². The summed E-state index contributed by atoms with van der Waals surface area (Å²) in [5.74, 6) is 0.851. The zero-order valence-electron chi connectivity index (χ0n) is 13.1. The van der Waals surface area contributed by atoms with E-state index in [0.29, 0.717) is 0 Å². The van der Waals surface area contributed by atoms with Gasteiger partial charge in [0.25, 0.3) is 0 Å². The van der Waals surface area contributed by atoms with E-state index < -0.39 is 0 Å². The molecule has 2 aliphatic rings. The van der Waals surface area contributed by atoms with Gasteiger partial charge in [0, 0.05) is 11.1 Å². The summed E-state index contributed by atoms with van der Waals surface area (Å²) in [6.45, 7) is 7.10. The molecule has 2 aliphatic heterocycles. The van der Waals surface area contributed by atoms with Crippen molar-refractivity contribution in [3.63, 3.8) is 0 Å². The summed E-state index contributed by atoms with van der Waals surface area (Å²) in [5.41, 5.74) is 2.67. The first-order chi connectivity index (χ1) is 10.2. The van der Waals surface area contributed by atoms with Crippen LogP contribution in [0.2, 0.25) is 5.02 Å². The Morgan fingerprint density at radius 1 is 1.14 bits per heavy atom. The largest absolute Gasteiger partial charge is 0.317 e. The van der Waals surface area contributed by atoms with Gasteiger partial charge in [-0.1, -0.05) is 23.7 Å². The highest BCUT2D eigenvalue weighted by atomic mass is 35.5. The topological polar surface area (TPSA) is 15.3 Å². The number of halogens is 1. The highest BCUT2D eigenvalue weighted by Gasteiger charge is 2.26. The van der Waals surface area contributed by atoms with E-state index in [1.165, 1.54) is 69.4 Å². The van der Waals surface area contributed by atoms with Crippen LogP contribution in [0, 0.1) is 12.8 Å². The fraction of sp³-hybridized carbons (Fsp3) is 0.667. The summed E-state index contributed by atoms with van der Waals surface area (Å²) in [7, 11) is 0. The minimum atomic E-state index is 0.838. The molecule has 0 amide bonds. The average molecular weight is 307 g/mol. The lowest BCUT2D eigenvalue weighted by Gasteiger charge is -2.39. The summed E-state index contributed by atoms with van der Waals surface area (Å²) in [6, 6.07) is 7.36. The molecule has 2 nitrogen and oxygen atoms in total. The van der Waals surface area contributed by atoms with Crippen LogP contribution >= 0.6 is 11.6 Å². The van der Waals surface area contributed by atoms with E-state index in [1.807, 2.05) is 0 Å². The van der Waals surface area contributed by atoms with Crippen LogP contribution in [0.15, 0.2) is 18.2 Å². The number of benzene rings is 1. The van der Waals surface area contributed by atoms with E-state index >= 15 is 0 Å². The van der Waals surface area contributed by atoms with Gasteiger partial charge < -0.3 is 10.2 Å². The number of hydrogen-bond donors (Lipinski definition) is 1. The van der Waals surface area contributed by atoms with Crippen LogP contribution in [-0.4, -0.2) is 37.1 Å². The van der Waals surface area contributed by atoms with Crippen molar-refractivity contribution in [3.8, 4) is 0 Å². The number of piperidine rings is 2. The van der Waals surface area contributed by atoms with Crippen LogP contribution in [0.3, 0.4) is 0 Å². The maximum atomic E-state index is 6.12. The number of rotatable bonds is 3. The van der Waals surface area contributed by atoms with Gasteiger partial charge in [-0.3, -0.25) is 0 Å². The van der Waals surface area contributed by atoms with E-state index in [9.17, 15) is 0 Å². The normalized spacial score (nSPS) is 22.6. The second kappa shape index (κ2) is 7.13. The molecule has 2 fully saturated rings. The molecule has 0 aliphatic carbocycles. The van der Waals surface area contributed by atoms with E-state index in [2.05, 4.69) is 35.3 Å². The van der Waals surface area contributed by atoms with E-state index in [0.717, 1.165) is 17.0 Å². The molecule has 1 N–H and O–H groups in total. The quantitative estimate of drug-likeness (QED) is 0.917. The molecule has 0 radical (unpaired) electrons. The molecule has 1 aromatic carbocycles. The van der Waals surface area contributed by atoms with Gasteiger partial charge in [-0.15, -0.1) is 0 Å². The Bertz CT molecular complexity index is 460. The van der Waals surface area contributed by atoms with Gasteiger partial charge in [0.2, 0.25) is 0 Å². The summed E-state index contributed by atoms with van der Waals surface area (Å²) in [4.78, 5) is 2.74. The fourth-order valence-corrected chi connectivity index (χ4v) is 3.98. The van der Waals surface area contributed by atoms with E-state index in [4.69, 9.17) is 11.6 Å². The molecule has 21 heavy (non-hydrogen) atoms.